The van der Waals surface area contributed by atoms with Crippen molar-refractivity contribution >= 4 is 34.2 Å². The van der Waals surface area contributed by atoms with E-state index in [1.807, 2.05) is 83.8 Å². The second-order valence-corrected chi connectivity index (χ2v) is 10.6. The van der Waals surface area contributed by atoms with Crippen LogP contribution in [0.1, 0.15) is 36.9 Å². The van der Waals surface area contributed by atoms with Gasteiger partial charge in [-0.1, -0.05) is 51.1 Å². The molecule has 2 heterocycles. The van der Waals surface area contributed by atoms with Crippen LogP contribution in [0.2, 0.25) is 0 Å². The number of fused-ring (bicyclic) bond motifs is 1. The van der Waals surface area contributed by atoms with Gasteiger partial charge in [0.15, 0.2) is 12.4 Å². The summed E-state index contributed by atoms with van der Waals surface area (Å²) in [6.07, 6.45) is 0. The Bertz CT molecular complexity index is 1380. The summed E-state index contributed by atoms with van der Waals surface area (Å²) in [5.74, 6) is 0.758. The summed E-state index contributed by atoms with van der Waals surface area (Å²) >= 11 is 0. The molecule has 1 fully saturated rings. The Morgan fingerprint density at radius 2 is 1.58 bits per heavy atom. The summed E-state index contributed by atoms with van der Waals surface area (Å²) in [6.45, 7) is 9.09. The minimum atomic E-state index is -0.213. The van der Waals surface area contributed by atoms with E-state index in [2.05, 4.69) is 31.0 Å². The number of piperazine rings is 1. The number of rotatable bonds is 6. The molecule has 1 aromatic heterocycles. The molecule has 0 bridgehead atoms. The van der Waals surface area contributed by atoms with Gasteiger partial charge >= 0.3 is 0 Å². The predicted octanol–water partition coefficient (Wildman–Crippen LogP) is 5.71. The SMILES string of the molecule is CC(C)(C)c1ccc(OCC(=O)Nc2ccc(N3CCN(C(=O)c4cc5ccccc5o4)CC3)cc2)cc1. The van der Waals surface area contributed by atoms with Crippen LogP contribution in [0.4, 0.5) is 11.4 Å². The monoisotopic (exact) mass is 511 g/mol. The molecule has 3 aromatic carbocycles. The van der Waals surface area contributed by atoms with Gasteiger partial charge in [-0.3, -0.25) is 9.59 Å². The zero-order chi connectivity index (χ0) is 26.7. The van der Waals surface area contributed by atoms with Gasteiger partial charge in [-0.25, -0.2) is 0 Å². The molecular formula is C31H33N3O4. The van der Waals surface area contributed by atoms with Crippen LogP contribution in [0.25, 0.3) is 11.0 Å². The summed E-state index contributed by atoms with van der Waals surface area (Å²) in [4.78, 5) is 29.4. The van der Waals surface area contributed by atoms with Gasteiger partial charge < -0.3 is 24.3 Å². The fourth-order valence-corrected chi connectivity index (χ4v) is 4.56. The summed E-state index contributed by atoms with van der Waals surface area (Å²) in [5, 5.41) is 3.82. The summed E-state index contributed by atoms with van der Waals surface area (Å²) in [7, 11) is 0. The highest BCUT2D eigenvalue weighted by atomic mass is 16.5. The lowest BCUT2D eigenvalue weighted by atomic mass is 9.87. The van der Waals surface area contributed by atoms with Crippen LogP contribution in [0.15, 0.2) is 83.3 Å². The van der Waals surface area contributed by atoms with Crippen LogP contribution < -0.4 is 15.0 Å². The first-order valence-corrected chi connectivity index (χ1v) is 12.9. The number of carbonyl (C=O) groups excluding carboxylic acids is 2. The first-order chi connectivity index (χ1) is 18.3. The number of nitrogens with zero attached hydrogens (tertiary/aromatic N) is 2. The number of anilines is 2. The number of furan rings is 1. The third kappa shape index (κ3) is 5.83. The Balaban J connectivity index is 1.09. The van der Waals surface area contributed by atoms with Gasteiger partial charge in [0.1, 0.15) is 11.3 Å². The van der Waals surface area contributed by atoms with Crippen molar-refractivity contribution in [3.05, 3.63) is 90.2 Å². The normalized spacial score (nSPS) is 14.0. The molecule has 38 heavy (non-hydrogen) atoms. The number of hydrogen-bond donors (Lipinski definition) is 1. The quantitative estimate of drug-likeness (QED) is 0.359. The molecule has 7 heteroatoms. The van der Waals surface area contributed by atoms with E-state index in [0.29, 0.717) is 30.3 Å². The van der Waals surface area contributed by atoms with E-state index in [9.17, 15) is 9.59 Å². The van der Waals surface area contributed by atoms with Crippen molar-refractivity contribution < 1.29 is 18.7 Å². The number of amides is 2. The standard InChI is InChI=1S/C31H33N3O4/c1-31(2,3)23-8-14-26(15-9-23)37-21-29(35)32-24-10-12-25(13-11-24)33-16-18-34(19-17-33)30(36)28-20-22-6-4-5-7-27(22)38-28/h4-15,20H,16-19,21H2,1-3H3,(H,32,35). The Morgan fingerprint density at radius 3 is 2.24 bits per heavy atom. The van der Waals surface area contributed by atoms with E-state index in [0.717, 1.165) is 29.7 Å². The number of benzene rings is 3. The van der Waals surface area contributed by atoms with Crippen molar-refractivity contribution in [1.82, 2.24) is 4.90 Å². The molecule has 1 N–H and O–H groups in total. The maximum atomic E-state index is 12.9. The molecular weight excluding hydrogens is 478 g/mol. The van der Waals surface area contributed by atoms with Crippen LogP contribution in [0.3, 0.4) is 0 Å². The van der Waals surface area contributed by atoms with Gasteiger partial charge in [0.05, 0.1) is 0 Å². The minimum Gasteiger partial charge on any atom is -0.484 e. The first-order valence-electron chi connectivity index (χ1n) is 12.9. The third-order valence-electron chi connectivity index (χ3n) is 6.81. The van der Waals surface area contributed by atoms with Gasteiger partial charge in [0.2, 0.25) is 0 Å². The molecule has 196 valence electrons. The van der Waals surface area contributed by atoms with Crippen molar-refractivity contribution in [2.24, 2.45) is 0 Å². The van der Waals surface area contributed by atoms with Crippen molar-refractivity contribution in [2.75, 3.05) is 43.0 Å². The largest absolute Gasteiger partial charge is 0.484 e. The number of carbonyl (C=O) groups is 2. The van der Waals surface area contributed by atoms with Crippen molar-refractivity contribution in [3.63, 3.8) is 0 Å². The fourth-order valence-electron chi connectivity index (χ4n) is 4.56. The second-order valence-electron chi connectivity index (χ2n) is 10.6. The Hall–Kier alpha value is -4.26. The van der Waals surface area contributed by atoms with E-state index >= 15 is 0 Å². The molecule has 0 aliphatic carbocycles. The lowest BCUT2D eigenvalue weighted by Gasteiger charge is -2.35. The molecule has 0 unspecified atom stereocenters. The first kappa shape index (κ1) is 25.4. The molecule has 2 amide bonds. The highest BCUT2D eigenvalue weighted by Crippen LogP contribution is 2.25. The molecule has 0 atom stereocenters. The van der Waals surface area contributed by atoms with E-state index in [4.69, 9.17) is 9.15 Å². The van der Waals surface area contributed by atoms with Gasteiger partial charge in [0.25, 0.3) is 11.8 Å². The average molecular weight is 512 g/mol. The molecule has 0 saturated carbocycles. The summed E-state index contributed by atoms with van der Waals surface area (Å²) < 4.78 is 11.4. The van der Waals surface area contributed by atoms with Gasteiger partial charge in [0, 0.05) is 42.9 Å². The van der Waals surface area contributed by atoms with Gasteiger partial charge in [-0.2, -0.15) is 0 Å². The smallest absolute Gasteiger partial charge is 0.289 e. The minimum absolute atomic E-state index is 0.0577. The topological polar surface area (TPSA) is 75.0 Å². The molecule has 5 rings (SSSR count). The number of para-hydroxylation sites is 1. The van der Waals surface area contributed by atoms with Crippen molar-refractivity contribution in [3.8, 4) is 5.75 Å². The molecule has 1 saturated heterocycles. The molecule has 1 aliphatic rings. The van der Waals surface area contributed by atoms with Crippen molar-refractivity contribution in [2.45, 2.75) is 26.2 Å². The lowest BCUT2D eigenvalue weighted by molar-refractivity contribution is -0.118. The maximum Gasteiger partial charge on any atom is 0.289 e. The second kappa shape index (κ2) is 10.6. The van der Waals surface area contributed by atoms with E-state index in [-0.39, 0.29) is 23.8 Å². The fraction of sp³-hybridized carbons (Fsp3) is 0.290. The highest BCUT2D eigenvalue weighted by Gasteiger charge is 2.24. The number of hydrogen-bond acceptors (Lipinski definition) is 5. The third-order valence-corrected chi connectivity index (χ3v) is 6.81. The zero-order valence-electron chi connectivity index (χ0n) is 22.1. The Morgan fingerprint density at radius 1 is 0.895 bits per heavy atom. The van der Waals surface area contributed by atoms with Gasteiger partial charge in [-0.15, -0.1) is 0 Å². The summed E-state index contributed by atoms with van der Waals surface area (Å²) in [5.41, 5.74) is 3.78. The van der Waals surface area contributed by atoms with Crippen LogP contribution in [0, 0.1) is 0 Å². The zero-order valence-corrected chi connectivity index (χ0v) is 22.1. The van der Waals surface area contributed by atoms with Crippen LogP contribution >= 0.6 is 0 Å². The average Bonchev–Trinajstić information content (AvgIpc) is 3.36. The van der Waals surface area contributed by atoms with E-state index < -0.39 is 0 Å². The summed E-state index contributed by atoms with van der Waals surface area (Å²) in [6, 6.07) is 25.0. The lowest BCUT2D eigenvalue weighted by Crippen LogP contribution is -2.48. The van der Waals surface area contributed by atoms with E-state index in [1.54, 1.807) is 0 Å². The van der Waals surface area contributed by atoms with Gasteiger partial charge in [-0.05, 0) is 59.5 Å². The van der Waals surface area contributed by atoms with Crippen LogP contribution in [0.5, 0.6) is 5.75 Å². The number of ether oxygens (including phenoxy) is 1. The van der Waals surface area contributed by atoms with Crippen LogP contribution in [-0.4, -0.2) is 49.5 Å². The Kier molecular flexibility index (Phi) is 7.09. The van der Waals surface area contributed by atoms with E-state index in [1.165, 1.54) is 5.56 Å². The predicted molar refractivity (Wildman–Crippen MR) is 150 cm³/mol. The van der Waals surface area contributed by atoms with Crippen LogP contribution in [-0.2, 0) is 10.2 Å². The molecule has 1 aliphatic heterocycles. The van der Waals surface area contributed by atoms with Crippen molar-refractivity contribution in [1.29, 1.82) is 0 Å². The highest BCUT2D eigenvalue weighted by molar-refractivity contribution is 5.96. The molecule has 7 nitrogen and oxygen atoms in total. The maximum absolute atomic E-state index is 12.9. The Labute approximate surface area is 223 Å². The molecule has 0 radical (unpaired) electrons. The molecule has 0 spiro atoms. The molecule has 4 aromatic rings. The number of nitrogens with one attached hydrogen (secondary N) is 1.